The van der Waals surface area contributed by atoms with Crippen molar-refractivity contribution in [1.82, 2.24) is 14.4 Å². The van der Waals surface area contributed by atoms with E-state index in [4.69, 9.17) is 5.11 Å². The summed E-state index contributed by atoms with van der Waals surface area (Å²) in [7, 11) is 0. The van der Waals surface area contributed by atoms with Crippen LogP contribution in [0, 0.1) is 13.8 Å². The number of carbonyl (C=O) groups is 3. The van der Waals surface area contributed by atoms with Crippen LogP contribution >= 0.6 is 0 Å². The molecule has 2 amide bonds. The van der Waals surface area contributed by atoms with Gasteiger partial charge in [-0.05, 0) is 52.0 Å². The molecule has 0 spiro atoms. The maximum Gasteiger partial charge on any atom is 0.323 e. The fourth-order valence-corrected chi connectivity index (χ4v) is 4.30. The van der Waals surface area contributed by atoms with Gasteiger partial charge in [-0.15, -0.1) is 0 Å². The second kappa shape index (κ2) is 7.74. The van der Waals surface area contributed by atoms with Crippen LogP contribution in [0.15, 0.2) is 6.07 Å². The number of amides is 2. The first-order chi connectivity index (χ1) is 12.8. The standard InChI is InChI=1S/C20H29N3O4/c1-13-11-18(14(2)23(13)17-6-7-17)20(27)21-9-4-5-16(8-10-21)22(15(3)24)12-19(25)26/h11,16-17H,4-10,12H2,1-3H3,(H,25,26). The highest BCUT2D eigenvalue weighted by molar-refractivity contribution is 5.95. The van der Waals surface area contributed by atoms with E-state index in [9.17, 15) is 14.4 Å². The van der Waals surface area contributed by atoms with Crippen LogP contribution in [0.5, 0.6) is 0 Å². The number of likely N-dealkylation sites (tertiary alicyclic amines) is 1. The Hall–Kier alpha value is -2.31. The van der Waals surface area contributed by atoms with Crippen LogP contribution in [0.25, 0.3) is 0 Å². The number of nitrogens with zero attached hydrogens (tertiary/aromatic N) is 3. The Labute approximate surface area is 159 Å². The van der Waals surface area contributed by atoms with Crippen LogP contribution in [-0.4, -0.2) is 62.9 Å². The summed E-state index contributed by atoms with van der Waals surface area (Å²) < 4.78 is 2.28. The van der Waals surface area contributed by atoms with Gasteiger partial charge in [0.1, 0.15) is 6.54 Å². The monoisotopic (exact) mass is 375 g/mol. The summed E-state index contributed by atoms with van der Waals surface area (Å²) in [6, 6.07) is 2.40. The lowest BCUT2D eigenvalue weighted by molar-refractivity contribution is -0.145. The van der Waals surface area contributed by atoms with E-state index in [1.54, 1.807) is 0 Å². The number of carbonyl (C=O) groups excluding carboxylic acids is 2. The molecule has 0 aromatic carbocycles. The molecule has 1 saturated carbocycles. The first-order valence-electron chi connectivity index (χ1n) is 9.76. The Morgan fingerprint density at radius 2 is 1.85 bits per heavy atom. The molecular weight excluding hydrogens is 346 g/mol. The number of aromatic nitrogens is 1. The van der Waals surface area contributed by atoms with Crippen molar-refractivity contribution in [1.29, 1.82) is 0 Å². The lowest BCUT2D eigenvalue weighted by Gasteiger charge is -2.28. The largest absolute Gasteiger partial charge is 0.480 e. The minimum Gasteiger partial charge on any atom is -0.480 e. The Balaban J connectivity index is 1.70. The maximum atomic E-state index is 13.1. The molecule has 0 bridgehead atoms. The van der Waals surface area contributed by atoms with Crippen LogP contribution in [0.4, 0.5) is 0 Å². The number of hydrogen-bond acceptors (Lipinski definition) is 3. The number of carboxylic acids is 1. The lowest BCUT2D eigenvalue weighted by Crippen LogP contribution is -2.43. The Morgan fingerprint density at radius 3 is 2.44 bits per heavy atom. The average Bonchev–Trinajstić information content (AvgIpc) is 3.40. The van der Waals surface area contributed by atoms with Crippen molar-refractivity contribution >= 4 is 17.8 Å². The lowest BCUT2D eigenvalue weighted by atomic mass is 10.1. The molecule has 2 heterocycles. The van der Waals surface area contributed by atoms with Crippen LogP contribution in [-0.2, 0) is 9.59 Å². The molecule has 1 saturated heterocycles. The summed E-state index contributed by atoms with van der Waals surface area (Å²) in [5.41, 5.74) is 2.94. The van der Waals surface area contributed by atoms with Crippen molar-refractivity contribution in [2.24, 2.45) is 0 Å². The molecule has 27 heavy (non-hydrogen) atoms. The van der Waals surface area contributed by atoms with E-state index in [-0.39, 0.29) is 24.4 Å². The van der Waals surface area contributed by atoms with E-state index in [2.05, 4.69) is 11.5 Å². The number of aryl methyl sites for hydroxylation is 1. The van der Waals surface area contributed by atoms with E-state index in [0.29, 0.717) is 25.6 Å². The summed E-state index contributed by atoms with van der Waals surface area (Å²) >= 11 is 0. The molecule has 3 rings (SSSR count). The molecule has 7 nitrogen and oxygen atoms in total. The second-order valence-corrected chi connectivity index (χ2v) is 7.80. The van der Waals surface area contributed by atoms with Gasteiger partial charge in [-0.25, -0.2) is 0 Å². The zero-order valence-corrected chi connectivity index (χ0v) is 16.4. The number of hydrogen-bond donors (Lipinski definition) is 1. The summed E-state index contributed by atoms with van der Waals surface area (Å²) in [5, 5.41) is 9.07. The molecule has 2 fully saturated rings. The molecular formula is C20H29N3O4. The van der Waals surface area contributed by atoms with Gasteiger partial charge < -0.3 is 19.5 Å². The highest BCUT2D eigenvalue weighted by Crippen LogP contribution is 2.38. The highest BCUT2D eigenvalue weighted by Gasteiger charge is 2.31. The highest BCUT2D eigenvalue weighted by atomic mass is 16.4. The van der Waals surface area contributed by atoms with Crippen LogP contribution < -0.4 is 0 Å². The van der Waals surface area contributed by atoms with Crippen molar-refractivity contribution in [3.05, 3.63) is 23.0 Å². The molecule has 1 unspecified atom stereocenters. The van der Waals surface area contributed by atoms with Gasteiger partial charge in [-0.3, -0.25) is 14.4 Å². The van der Waals surface area contributed by atoms with Gasteiger partial charge >= 0.3 is 5.97 Å². The van der Waals surface area contributed by atoms with Crippen molar-refractivity contribution in [2.75, 3.05) is 19.6 Å². The van der Waals surface area contributed by atoms with Gasteiger partial charge in [0.05, 0.1) is 5.56 Å². The van der Waals surface area contributed by atoms with Gasteiger partial charge in [0, 0.05) is 43.5 Å². The third-order valence-corrected chi connectivity index (χ3v) is 5.76. The summed E-state index contributed by atoms with van der Waals surface area (Å²) in [4.78, 5) is 39.3. The normalized spacial score (nSPS) is 20.3. The van der Waals surface area contributed by atoms with Gasteiger partial charge in [0.2, 0.25) is 5.91 Å². The second-order valence-electron chi connectivity index (χ2n) is 7.80. The molecule has 1 aromatic heterocycles. The topological polar surface area (TPSA) is 82.8 Å². The van der Waals surface area contributed by atoms with Crippen LogP contribution in [0.1, 0.15) is 66.8 Å². The molecule has 1 aromatic rings. The van der Waals surface area contributed by atoms with Gasteiger partial charge in [0.25, 0.3) is 5.91 Å². The third-order valence-electron chi connectivity index (χ3n) is 5.76. The first kappa shape index (κ1) is 19.5. The number of carboxylic acid groups (broad SMARTS) is 1. The van der Waals surface area contributed by atoms with Crippen LogP contribution in [0.3, 0.4) is 0 Å². The van der Waals surface area contributed by atoms with Gasteiger partial charge in [-0.1, -0.05) is 0 Å². The molecule has 7 heteroatoms. The summed E-state index contributed by atoms with van der Waals surface area (Å²) in [6.07, 6.45) is 4.46. The van der Waals surface area contributed by atoms with Gasteiger partial charge in [-0.2, -0.15) is 0 Å². The Bertz CT molecular complexity index is 751. The minimum atomic E-state index is -1.00. The average molecular weight is 375 g/mol. The molecule has 1 atom stereocenters. The van der Waals surface area contributed by atoms with E-state index in [0.717, 1.165) is 29.8 Å². The predicted octanol–water partition coefficient (Wildman–Crippen LogP) is 2.37. The van der Waals surface area contributed by atoms with Crippen molar-refractivity contribution in [2.45, 2.75) is 65.0 Å². The molecule has 1 aliphatic heterocycles. The number of aliphatic carboxylic acids is 1. The van der Waals surface area contributed by atoms with Crippen molar-refractivity contribution in [3.63, 3.8) is 0 Å². The maximum absolute atomic E-state index is 13.1. The van der Waals surface area contributed by atoms with E-state index in [1.807, 2.05) is 17.9 Å². The Kier molecular flexibility index (Phi) is 5.58. The molecule has 148 valence electrons. The molecule has 2 aliphatic rings. The first-order valence-corrected chi connectivity index (χ1v) is 9.76. The van der Waals surface area contributed by atoms with Gasteiger partial charge in [0.15, 0.2) is 0 Å². The summed E-state index contributed by atoms with van der Waals surface area (Å²) in [5.74, 6) is -1.19. The third kappa shape index (κ3) is 4.17. The van der Waals surface area contributed by atoms with E-state index >= 15 is 0 Å². The minimum absolute atomic E-state index is 0.0447. The quantitative estimate of drug-likeness (QED) is 0.856. The number of rotatable bonds is 5. The Morgan fingerprint density at radius 1 is 1.15 bits per heavy atom. The molecule has 1 N–H and O–H groups in total. The van der Waals surface area contributed by atoms with E-state index < -0.39 is 5.97 Å². The fraction of sp³-hybridized carbons (Fsp3) is 0.650. The van der Waals surface area contributed by atoms with Crippen molar-refractivity contribution < 1.29 is 19.5 Å². The van der Waals surface area contributed by atoms with Crippen molar-refractivity contribution in [3.8, 4) is 0 Å². The smallest absolute Gasteiger partial charge is 0.323 e. The van der Waals surface area contributed by atoms with Crippen LogP contribution in [0.2, 0.25) is 0 Å². The van der Waals surface area contributed by atoms with E-state index in [1.165, 1.54) is 24.7 Å². The molecule has 1 aliphatic carbocycles. The predicted molar refractivity (Wildman–Crippen MR) is 101 cm³/mol. The zero-order chi connectivity index (χ0) is 19.7. The fourth-order valence-electron chi connectivity index (χ4n) is 4.30. The summed E-state index contributed by atoms with van der Waals surface area (Å²) in [6.45, 7) is 6.38. The molecule has 0 radical (unpaired) electrons. The zero-order valence-electron chi connectivity index (χ0n) is 16.4. The SMILES string of the molecule is CC(=O)N(CC(=O)O)C1CCCN(C(=O)c2cc(C)n(C3CC3)c2C)CC1.